The van der Waals surface area contributed by atoms with E-state index in [-0.39, 0.29) is 5.82 Å². The van der Waals surface area contributed by atoms with E-state index in [1.807, 2.05) is 0 Å². The standard InChI is InChI=1S/C13H10FN5S3/c14-9-3-1-8(2-4-9)11-18-19-10(16-17-12(19)22-11)7-21-13-15-5-6-20-13/h1-4H,5-7H2. The van der Waals surface area contributed by atoms with E-state index in [1.54, 1.807) is 40.2 Å². The van der Waals surface area contributed by atoms with Crippen LogP contribution in [0.25, 0.3) is 15.5 Å². The fraction of sp³-hybridized carbons (Fsp3) is 0.231. The third-order valence-electron chi connectivity index (χ3n) is 3.03. The second-order valence-corrected chi connectivity index (χ2v) is 7.77. The highest BCUT2D eigenvalue weighted by Gasteiger charge is 2.15. The van der Waals surface area contributed by atoms with Gasteiger partial charge in [-0.1, -0.05) is 34.9 Å². The van der Waals surface area contributed by atoms with Gasteiger partial charge in [0.1, 0.15) is 15.2 Å². The number of aromatic nitrogens is 4. The maximum Gasteiger partial charge on any atom is 0.235 e. The van der Waals surface area contributed by atoms with Crippen LogP contribution in [0.5, 0.6) is 0 Å². The molecule has 9 heteroatoms. The minimum absolute atomic E-state index is 0.251. The Morgan fingerprint density at radius 1 is 1.23 bits per heavy atom. The molecule has 112 valence electrons. The van der Waals surface area contributed by atoms with Crippen LogP contribution in [-0.4, -0.2) is 36.5 Å². The van der Waals surface area contributed by atoms with Gasteiger partial charge in [0, 0.05) is 11.3 Å². The number of benzene rings is 1. The Bertz CT molecular complexity index is 839. The van der Waals surface area contributed by atoms with Crippen LogP contribution in [0.1, 0.15) is 5.82 Å². The number of nitrogens with zero attached hydrogens (tertiary/aromatic N) is 5. The summed E-state index contributed by atoms with van der Waals surface area (Å²) in [5.74, 6) is 2.31. The van der Waals surface area contributed by atoms with Gasteiger partial charge in [-0.15, -0.1) is 10.2 Å². The van der Waals surface area contributed by atoms with Gasteiger partial charge < -0.3 is 0 Å². The Kier molecular flexibility index (Phi) is 3.85. The van der Waals surface area contributed by atoms with E-state index in [2.05, 4.69) is 20.3 Å². The highest BCUT2D eigenvalue weighted by Crippen LogP contribution is 2.28. The zero-order valence-electron chi connectivity index (χ0n) is 11.3. The lowest BCUT2D eigenvalue weighted by molar-refractivity contribution is 0.628. The minimum Gasteiger partial charge on any atom is -0.271 e. The lowest BCUT2D eigenvalue weighted by Gasteiger charge is -1.97. The summed E-state index contributed by atoms with van der Waals surface area (Å²) in [5.41, 5.74) is 0.881. The molecule has 1 aromatic carbocycles. The lowest BCUT2D eigenvalue weighted by Crippen LogP contribution is -1.95. The number of aliphatic imine (C=N–C) groups is 1. The van der Waals surface area contributed by atoms with Gasteiger partial charge in [0.15, 0.2) is 5.82 Å². The van der Waals surface area contributed by atoms with Crippen molar-refractivity contribution in [3.05, 3.63) is 35.9 Å². The van der Waals surface area contributed by atoms with Crippen LogP contribution in [0.2, 0.25) is 0 Å². The second-order valence-electron chi connectivity index (χ2n) is 4.51. The lowest BCUT2D eigenvalue weighted by atomic mass is 10.2. The zero-order chi connectivity index (χ0) is 14.9. The number of hydrogen-bond acceptors (Lipinski definition) is 7. The van der Waals surface area contributed by atoms with Gasteiger partial charge in [0.25, 0.3) is 0 Å². The summed E-state index contributed by atoms with van der Waals surface area (Å²) in [4.78, 5) is 5.15. The Morgan fingerprint density at radius 2 is 2.09 bits per heavy atom. The predicted molar refractivity (Wildman–Crippen MR) is 90.1 cm³/mol. The van der Waals surface area contributed by atoms with Gasteiger partial charge in [0.2, 0.25) is 4.96 Å². The largest absolute Gasteiger partial charge is 0.271 e. The molecule has 0 saturated heterocycles. The number of fused-ring (bicyclic) bond motifs is 1. The number of hydrogen-bond donors (Lipinski definition) is 0. The molecule has 22 heavy (non-hydrogen) atoms. The molecule has 1 aliphatic heterocycles. The highest BCUT2D eigenvalue weighted by molar-refractivity contribution is 8.38. The van der Waals surface area contributed by atoms with Gasteiger partial charge in [-0.3, -0.25) is 4.99 Å². The van der Waals surface area contributed by atoms with Crippen molar-refractivity contribution in [1.29, 1.82) is 0 Å². The molecule has 3 heterocycles. The van der Waals surface area contributed by atoms with E-state index in [0.29, 0.717) is 5.75 Å². The molecule has 0 saturated carbocycles. The van der Waals surface area contributed by atoms with E-state index in [4.69, 9.17) is 0 Å². The summed E-state index contributed by atoms with van der Waals surface area (Å²) in [6.45, 7) is 0.896. The maximum absolute atomic E-state index is 13.0. The minimum atomic E-state index is -0.251. The van der Waals surface area contributed by atoms with Crippen molar-refractivity contribution >= 4 is 44.2 Å². The molecule has 0 fully saturated rings. The average Bonchev–Trinajstić information content (AvgIpc) is 3.23. The molecule has 0 spiro atoms. The Balaban J connectivity index is 1.59. The monoisotopic (exact) mass is 351 g/mol. The van der Waals surface area contributed by atoms with Crippen LogP contribution in [-0.2, 0) is 5.75 Å². The van der Waals surface area contributed by atoms with Crippen molar-refractivity contribution in [2.45, 2.75) is 5.75 Å². The summed E-state index contributed by atoms with van der Waals surface area (Å²) in [5, 5.41) is 13.7. The predicted octanol–water partition coefficient (Wildman–Crippen LogP) is 3.33. The van der Waals surface area contributed by atoms with Gasteiger partial charge in [-0.25, -0.2) is 4.39 Å². The molecular weight excluding hydrogens is 341 g/mol. The molecule has 2 aromatic heterocycles. The van der Waals surface area contributed by atoms with Crippen LogP contribution >= 0.6 is 34.9 Å². The molecule has 0 atom stereocenters. The first-order valence-electron chi connectivity index (χ1n) is 6.57. The SMILES string of the molecule is Fc1ccc(-c2nn3c(CSC4=NCCS4)nnc3s2)cc1. The first kappa shape index (κ1) is 14.2. The van der Waals surface area contributed by atoms with Gasteiger partial charge in [-0.05, 0) is 24.3 Å². The molecule has 0 aliphatic carbocycles. The van der Waals surface area contributed by atoms with Crippen molar-refractivity contribution in [2.75, 3.05) is 12.3 Å². The van der Waals surface area contributed by atoms with Crippen molar-refractivity contribution in [3.8, 4) is 10.6 Å². The second kappa shape index (κ2) is 5.98. The van der Waals surface area contributed by atoms with E-state index in [1.165, 1.54) is 23.5 Å². The fourth-order valence-electron chi connectivity index (χ4n) is 1.99. The number of thioether (sulfide) groups is 2. The molecule has 0 radical (unpaired) electrons. The molecule has 5 nitrogen and oxygen atoms in total. The quantitative estimate of drug-likeness (QED) is 0.724. The van der Waals surface area contributed by atoms with Crippen LogP contribution in [0.15, 0.2) is 29.3 Å². The van der Waals surface area contributed by atoms with Gasteiger partial charge >= 0.3 is 0 Å². The summed E-state index contributed by atoms with van der Waals surface area (Å²) in [7, 11) is 0. The first-order chi connectivity index (χ1) is 10.8. The summed E-state index contributed by atoms with van der Waals surface area (Å²) in [6.07, 6.45) is 0. The highest BCUT2D eigenvalue weighted by atomic mass is 32.2. The molecule has 0 N–H and O–H groups in total. The van der Waals surface area contributed by atoms with Crippen molar-refractivity contribution in [1.82, 2.24) is 19.8 Å². The van der Waals surface area contributed by atoms with Crippen molar-refractivity contribution in [3.63, 3.8) is 0 Å². The van der Waals surface area contributed by atoms with Crippen LogP contribution < -0.4 is 0 Å². The number of rotatable bonds is 3. The maximum atomic E-state index is 13.0. The number of halogens is 1. The van der Waals surface area contributed by atoms with Crippen LogP contribution in [0, 0.1) is 5.82 Å². The Hall–Kier alpha value is -1.45. The molecule has 3 aromatic rings. The van der Waals surface area contributed by atoms with Gasteiger partial charge in [-0.2, -0.15) is 9.61 Å². The third kappa shape index (κ3) is 2.75. The Morgan fingerprint density at radius 3 is 2.86 bits per heavy atom. The normalized spacial score (nSPS) is 14.7. The van der Waals surface area contributed by atoms with E-state index in [0.717, 1.165) is 38.0 Å². The average molecular weight is 351 g/mol. The fourth-order valence-corrected chi connectivity index (χ4v) is 4.76. The van der Waals surface area contributed by atoms with Gasteiger partial charge in [0.05, 0.1) is 12.3 Å². The van der Waals surface area contributed by atoms with Crippen LogP contribution in [0.3, 0.4) is 0 Å². The van der Waals surface area contributed by atoms with Crippen molar-refractivity contribution in [2.24, 2.45) is 4.99 Å². The topological polar surface area (TPSA) is 55.4 Å². The molecule has 0 bridgehead atoms. The summed E-state index contributed by atoms with van der Waals surface area (Å²) < 4.78 is 15.9. The first-order valence-corrected chi connectivity index (χ1v) is 9.35. The van der Waals surface area contributed by atoms with Crippen LogP contribution in [0.4, 0.5) is 4.39 Å². The molecule has 0 amide bonds. The summed E-state index contributed by atoms with van der Waals surface area (Å²) in [6, 6.07) is 6.31. The van der Waals surface area contributed by atoms with E-state index < -0.39 is 0 Å². The van der Waals surface area contributed by atoms with E-state index in [9.17, 15) is 4.39 Å². The smallest absolute Gasteiger partial charge is 0.235 e. The van der Waals surface area contributed by atoms with E-state index >= 15 is 0 Å². The Labute approximate surface area is 138 Å². The zero-order valence-corrected chi connectivity index (χ0v) is 13.7. The molecular formula is C13H10FN5S3. The summed E-state index contributed by atoms with van der Waals surface area (Å²) >= 11 is 4.89. The molecule has 0 unspecified atom stereocenters. The molecule has 1 aliphatic rings. The molecule has 4 rings (SSSR count). The third-order valence-corrected chi connectivity index (χ3v) is 6.23. The van der Waals surface area contributed by atoms with Crippen molar-refractivity contribution < 1.29 is 4.39 Å².